The van der Waals surface area contributed by atoms with Gasteiger partial charge < -0.3 is 14.7 Å². The Bertz CT molecular complexity index is 324. The Labute approximate surface area is 88.6 Å². The number of rotatable bonds is 5. The third kappa shape index (κ3) is 3.32. The van der Waals surface area contributed by atoms with Gasteiger partial charge in [0.25, 0.3) is 11.7 Å². The molecule has 1 amide bonds. The van der Waals surface area contributed by atoms with E-state index in [0.717, 1.165) is 13.0 Å². The summed E-state index contributed by atoms with van der Waals surface area (Å²) in [6.45, 7) is 3.21. The average molecular weight is 212 g/mol. The lowest BCUT2D eigenvalue weighted by atomic mass is 10.4. The Morgan fingerprint density at radius 1 is 1.60 bits per heavy atom. The molecule has 1 rings (SSSR count). The first-order valence-corrected chi connectivity index (χ1v) is 4.85. The predicted octanol–water partition coefficient (Wildman–Crippen LogP) is 0.0595. The van der Waals surface area contributed by atoms with E-state index in [0.29, 0.717) is 12.4 Å². The molecule has 0 saturated heterocycles. The van der Waals surface area contributed by atoms with Crippen LogP contribution >= 0.6 is 0 Å². The zero-order chi connectivity index (χ0) is 11.3. The van der Waals surface area contributed by atoms with Crippen LogP contribution in [0.25, 0.3) is 0 Å². The van der Waals surface area contributed by atoms with Gasteiger partial charge in [0.05, 0.1) is 0 Å². The molecule has 15 heavy (non-hydrogen) atoms. The van der Waals surface area contributed by atoms with E-state index in [9.17, 15) is 4.79 Å². The number of carbonyl (C=O) groups is 1. The zero-order valence-corrected chi connectivity index (χ0v) is 9.28. The highest BCUT2D eigenvalue weighted by atomic mass is 16.5. The van der Waals surface area contributed by atoms with Crippen LogP contribution in [0.3, 0.4) is 0 Å². The first-order valence-electron chi connectivity index (χ1n) is 4.85. The second-order valence-corrected chi connectivity index (χ2v) is 3.32. The van der Waals surface area contributed by atoms with Gasteiger partial charge in [0.2, 0.25) is 5.89 Å². The van der Waals surface area contributed by atoms with Gasteiger partial charge >= 0.3 is 0 Å². The van der Waals surface area contributed by atoms with E-state index in [1.54, 1.807) is 18.9 Å². The van der Waals surface area contributed by atoms with E-state index < -0.39 is 0 Å². The molecule has 0 bridgehead atoms. The molecule has 1 heterocycles. The lowest BCUT2D eigenvalue weighted by molar-refractivity contribution is 0.0778. The van der Waals surface area contributed by atoms with Crippen molar-refractivity contribution >= 4 is 5.91 Å². The molecule has 0 radical (unpaired) electrons. The van der Waals surface area contributed by atoms with Gasteiger partial charge in [-0.15, -0.1) is 0 Å². The van der Waals surface area contributed by atoms with E-state index >= 15 is 0 Å². The third-order valence-electron chi connectivity index (χ3n) is 1.99. The van der Waals surface area contributed by atoms with Crippen molar-refractivity contribution in [3.63, 3.8) is 0 Å². The number of aryl methyl sites for hydroxylation is 1. The summed E-state index contributed by atoms with van der Waals surface area (Å²) < 4.78 is 4.74. The Morgan fingerprint density at radius 3 is 2.87 bits per heavy atom. The number of aromatic nitrogens is 2. The SMILES string of the molecule is CNCCCN(C)C(=O)c1noc(C)n1. The molecular formula is C9H16N4O2. The number of hydrogen-bond donors (Lipinski definition) is 1. The van der Waals surface area contributed by atoms with Gasteiger partial charge in [-0.05, 0) is 20.0 Å². The Balaban J connectivity index is 2.46. The molecule has 0 aliphatic heterocycles. The maximum absolute atomic E-state index is 11.7. The predicted molar refractivity (Wildman–Crippen MR) is 54.5 cm³/mol. The number of nitrogens with one attached hydrogen (secondary N) is 1. The molecule has 0 unspecified atom stereocenters. The summed E-state index contributed by atoms with van der Waals surface area (Å²) >= 11 is 0. The van der Waals surface area contributed by atoms with Gasteiger partial charge in [-0.2, -0.15) is 4.98 Å². The smallest absolute Gasteiger partial charge is 0.295 e. The first-order chi connectivity index (χ1) is 7.15. The van der Waals surface area contributed by atoms with Crippen molar-refractivity contribution in [2.75, 3.05) is 27.2 Å². The second-order valence-electron chi connectivity index (χ2n) is 3.32. The summed E-state index contributed by atoms with van der Waals surface area (Å²) in [5.74, 6) is 0.324. The Kier molecular flexibility index (Phi) is 4.23. The average Bonchev–Trinajstić information content (AvgIpc) is 2.64. The van der Waals surface area contributed by atoms with Crippen molar-refractivity contribution in [2.45, 2.75) is 13.3 Å². The largest absolute Gasteiger partial charge is 0.339 e. The van der Waals surface area contributed by atoms with Crippen molar-refractivity contribution < 1.29 is 9.32 Å². The third-order valence-corrected chi connectivity index (χ3v) is 1.99. The van der Waals surface area contributed by atoms with E-state index in [2.05, 4.69) is 15.5 Å². The highest BCUT2D eigenvalue weighted by Crippen LogP contribution is 1.99. The highest BCUT2D eigenvalue weighted by molar-refractivity contribution is 5.90. The number of hydrogen-bond acceptors (Lipinski definition) is 5. The number of nitrogens with zero attached hydrogens (tertiary/aromatic N) is 3. The fourth-order valence-electron chi connectivity index (χ4n) is 1.15. The molecule has 1 N–H and O–H groups in total. The summed E-state index contributed by atoms with van der Waals surface area (Å²) in [7, 11) is 3.61. The second kappa shape index (κ2) is 5.45. The fraction of sp³-hybridized carbons (Fsp3) is 0.667. The van der Waals surface area contributed by atoms with Crippen molar-refractivity contribution in [2.24, 2.45) is 0 Å². The van der Waals surface area contributed by atoms with Crippen molar-refractivity contribution in [3.8, 4) is 0 Å². The summed E-state index contributed by atoms with van der Waals surface area (Å²) in [6.07, 6.45) is 0.898. The summed E-state index contributed by atoms with van der Waals surface area (Å²) in [6, 6.07) is 0. The van der Waals surface area contributed by atoms with Crippen molar-refractivity contribution in [1.29, 1.82) is 0 Å². The minimum absolute atomic E-state index is 0.124. The lowest BCUT2D eigenvalue weighted by Gasteiger charge is -2.14. The van der Waals surface area contributed by atoms with Gasteiger partial charge in [-0.1, -0.05) is 5.16 Å². The monoisotopic (exact) mass is 212 g/mol. The summed E-state index contributed by atoms with van der Waals surface area (Å²) in [5.41, 5.74) is 0. The van der Waals surface area contributed by atoms with E-state index in [-0.39, 0.29) is 11.7 Å². The van der Waals surface area contributed by atoms with Crippen LogP contribution in [0.2, 0.25) is 0 Å². The molecule has 6 nitrogen and oxygen atoms in total. The first kappa shape index (κ1) is 11.6. The van der Waals surface area contributed by atoms with Crippen LogP contribution in [0, 0.1) is 6.92 Å². The normalized spacial score (nSPS) is 10.3. The topological polar surface area (TPSA) is 71.3 Å². The molecule has 1 aromatic heterocycles. The van der Waals surface area contributed by atoms with Gasteiger partial charge in [0.15, 0.2) is 0 Å². The standard InChI is InChI=1S/C9H16N4O2/c1-7-11-8(12-15-7)9(14)13(3)6-4-5-10-2/h10H,4-6H2,1-3H3. The molecular weight excluding hydrogens is 196 g/mol. The zero-order valence-electron chi connectivity index (χ0n) is 9.28. The van der Waals surface area contributed by atoms with Crippen LogP contribution in [0.5, 0.6) is 0 Å². The van der Waals surface area contributed by atoms with E-state index in [1.807, 2.05) is 7.05 Å². The maximum atomic E-state index is 11.7. The van der Waals surface area contributed by atoms with Gasteiger partial charge in [0, 0.05) is 20.5 Å². The molecule has 84 valence electrons. The lowest BCUT2D eigenvalue weighted by Crippen LogP contribution is -2.30. The van der Waals surface area contributed by atoms with Crippen LogP contribution in [-0.2, 0) is 0 Å². The van der Waals surface area contributed by atoms with Crippen LogP contribution in [0.1, 0.15) is 22.9 Å². The molecule has 0 fully saturated rings. The molecule has 6 heteroatoms. The molecule has 0 atom stereocenters. The molecule has 0 spiro atoms. The molecule has 0 aliphatic carbocycles. The molecule has 0 aliphatic rings. The minimum atomic E-state index is -0.206. The van der Waals surface area contributed by atoms with Crippen LogP contribution in [-0.4, -0.2) is 48.1 Å². The van der Waals surface area contributed by atoms with Crippen LogP contribution in [0.4, 0.5) is 0 Å². The Hall–Kier alpha value is -1.43. The number of amides is 1. The van der Waals surface area contributed by atoms with Crippen LogP contribution < -0.4 is 5.32 Å². The van der Waals surface area contributed by atoms with Gasteiger partial charge in [-0.25, -0.2) is 0 Å². The van der Waals surface area contributed by atoms with E-state index in [1.165, 1.54) is 0 Å². The van der Waals surface area contributed by atoms with Crippen molar-refractivity contribution in [1.82, 2.24) is 20.4 Å². The maximum Gasteiger partial charge on any atom is 0.295 e. The van der Waals surface area contributed by atoms with Gasteiger partial charge in [0.1, 0.15) is 0 Å². The van der Waals surface area contributed by atoms with E-state index in [4.69, 9.17) is 4.52 Å². The minimum Gasteiger partial charge on any atom is -0.339 e. The molecule has 1 aromatic rings. The fourth-order valence-corrected chi connectivity index (χ4v) is 1.15. The highest BCUT2D eigenvalue weighted by Gasteiger charge is 2.16. The Morgan fingerprint density at radius 2 is 2.33 bits per heavy atom. The van der Waals surface area contributed by atoms with Gasteiger partial charge in [-0.3, -0.25) is 4.79 Å². The molecule has 0 saturated carbocycles. The number of carbonyl (C=O) groups excluding carboxylic acids is 1. The quantitative estimate of drug-likeness (QED) is 0.699. The summed E-state index contributed by atoms with van der Waals surface area (Å²) in [4.78, 5) is 17.1. The molecule has 0 aromatic carbocycles. The van der Waals surface area contributed by atoms with Crippen molar-refractivity contribution in [3.05, 3.63) is 11.7 Å². The summed E-state index contributed by atoms with van der Waals surface area (Å²) in [5, 5.41) is 6.59. The van der Waals surface area contributed by atoms with Crippen LogP contribution in [0.15, 0.2) is 4.52 Å².